The molecule has 0 amide bonds. The predicted octanol–water partition coefficient (Wildman–Crippen LogP) is 2.23. The third-order valence-corrected chi connectivity index (χ3v) is 4.75. The Balaban J connectivity index is 1.44. The van der Waals surface area contributed by atoms with Crippen LogP contribution < -0.4 is 10.1 Å². The molecule has 7 nitrogen and oxygen atoms in total. The van der Waals surface area contributed by atoms with Gasteiger partial charge < -0.3 is 19.5 Å². The summed E-state index contributed by atoms with van der Waals surface area (Å²) in [6.45, 7) is 7.54. The van der Waals surface area contributed by atoms with Crippen molar-refractivity contribution in [2.75, 3.05) is 39.8 Å². The number of guanidine groups is 1. The maximum absolute atomic E-state index is 6.06. The van der Waals surface area contributed by atoms with Crippen LogP contribution in [0, 0.1) is 0 Å². The fourth-order valence-electron chi connectivity index (χ4n) is 3.16. The van der Waals surface area contributed by atoms with Crippen molar-refractivity contribution >= 4 is 5.96 Å². The van der Waals surface area contributed by atoms with E-state index in [-0.39, 0.29) is 6.10 Å². The van der Waals surface area contributed by atoms with E-state index in [2.05, 4.69) is 32.2 Å². The second kappa shape index (κ2) is 9.97. The van der Waals surface area contributed by atoms with Gasteiger partial charge in [0.1, 0.15) is 18.1 Å². The van der Waals surface area contributed by atoms with Crippen LogP contribution >= 0.6 is 0 Å². The van der Waals surface area contributed by atoms with Gasteiger partial charge in [0.15, 0.2) is 5.96 Å². The summed E-state index contributed by atoms with van der Waals surface area (Å²) < 4.78 is 11.0. The first kappa shape index (κ1) is 19.2. The Bertz CT molecular complexity index is 682. The first-order chi connectivity index (χ1) is 13.3. The quantitative estimate of drug-likeness (QED) is 0.595. The highest BCUT2D eigenvalue weighted by Gasteiger charge is 2.21. The zero-order chi connectivity index (χ0) is 18.9. The number of aliphatic imine (C=N–C) groups is 1. The summed E-state index contributed by atoms with van der Waals surface area (Å²) in [6, 6.07) is 11.9. The Hall–Kier alpha value is -2.54. The zero-order valence-electron chi connectivity index (χ0n) is 16.2. The van der Waals surface area contributed by atoms with Crippen molar-refractivity contribution < 1.29 is 9.26 Å². The van der Waals surface area contributed by atoms with E-state index in [0.29, 0.717) is 0 Å². The van der Waals surface area contributed by atoms with Crippen LogP contribution in [-0.4, -0.2) is 66.8 Å². The molecule has 1 saturated heterocycles. The molecule has 0 bridgehead atoms. The van der Waals surface area contributed by atoms with E-state index in [1.165, 1.54) is 0 Å². The molecule has 146 valence electrons. The van der Waals surface area contributed by atoms with Crippen molar-refractivity contribution in [2.24, 2.45) is 4.99 Å². The van der Waals surface area contributed by atoms with Crippen LogP contribution in [0.25, 0.3) is 0 Å². The summed E-state index contributed by atoms with van der Waals surface area (Å²) in [6.07, 6.45) is 2.67. The molecule has 1 aromatic heterocycles. The van der Waals surface area contributed by atoms with Crippen molar-refractivity contribution in [3.8, 4) is 5.75 Å². The summed E-state index contributed by atoms with van der Waals surface area (Å²) in [5, 5.41) is 7.47. The van der Waals surface area contributed by atoms with Gasteiger partial charge in [-0.2, -0.15) is 0 Å². The molecule has 0 radical (unpaired) electrons. The van der Waals surface area contributed by atoms with E-state index < -0.39 is 0 Å². The van der Waals surface area contributed by atoms with Gasteiger partial charge in [0.05, 0.1) is 12.2 Å². The van der Waals surface area contributed by atoms with Gasteiger partial charge in [-0.15, -0.1) is 0 Å². The summed E-state index contributed by atoms with van der Waals surface area (Å²) in [5.41, 5.74) is 0.981. The number of nitrogens with one attached hydrogen (secondary N) is 1. The fraction of sp³-hybridized carbons (Fsp3) is 0.500. The number of hydrogen-bond acceptors (Lipinski definition) is 5. The lowest BCUT2D eigenvalue weighted by atomic mass is 10.2. The van der Waals surface area contributed by atoms with Crippen LogP contribution in [0.2, 0.25) is 0 Å². The number of para-hydroxylation sites is 1. The van der Waals surface area contributed by atoms with E-state index in [1.54, 1.807) is 6.26 Å². The summed E-state index contributed by atoms with van der Waals surface area (Å²) in [5.74, 6) is 1.84. The number of hydrogen-bond donors (Lipinski definition) is 1. The van der Waals surface area contributed by atoms with Gasteiger partial charge in [0.25, 0.3) is 0 Å². The minimum atomic E-state index is 0.109. The second-order valence-corrected chi connectivity index (χ2v) is 6.64. The smallest absolute Gasteiger partial charge is 0.193 e. The molecule has 1 aliphatic rings. The predicted molar refractivity (Wildman–Crippen MR) is 106 cm³/mol. The van der Waals surface area contributed by atoms with Crippen molar-refractivity contribution in [3.05, 3.63) is 48.4 Å². The molecule has 0 saturated carbocycles. The highest BCUT2D eigenvalue weighted by atomic mass is 16.5. The number of rotatable bonds is 7. The van der Waals surface area contributed by atoms with Gasteiger partial charge >= 0.3 is 0 Å². The van der Waals surface area contributed by atoms with E-state index in [9.17, 15) is 0 Å². The molecule has 2 aromatic rings. The maximum atomic E-state index is 6.06. The SMILES string of the molecule is CCC(CNC(=NC)N1CCN(Cc2ccon2)CC1)Oc1ccccc1. The molecule has 1 fully saturated rings. The Morgan fingerprint density at radius 2 is 2.00 bits per heavy atom. The van der Waals surface area contributed by atoms with E-state index in [0.717, 1.165) is 63.1 Å². The fourth-order valence-corrected chi connectivity index (χ4v) is 3.16. The molecule has 1 N–H and O–H groups in total. The second-order valence-electron chi connectivity index (χ2n) is 6.64. The molecule has 1 unspecified atom stereocenters. The van der Waals surface area contributed by atoms with Gasteiger partial charge in [-0.25, -0.2) is 0 Å². The maximum Gasteiger partial charge on any atom is 0.193 e. The normalized spacial score (nSPS) is 17.0. The Labute approximate surface area is 161 Å². The molecule has 0 aliphatic carbocycles. The number of nitrogens with zero attached hydrogens (tertiary/aromatic N) is 4. The minimum Gasteiger partial charge on any atom is -0.489 e. The first-order valence-electron chi connectivity index (χ1n) is 9.57. The molecular weight excluding hydrogens is 342 g/mol. The standard InChI is InChI=1S/C20H29N5O2/c1-3-18(27-19-7-5-4-6-8-19)15-22-20(21-2)25-12-10-24(11-13-25)16-17-9-14-26-23-17/h4-9,14,18H,3,10-13,15-16H2,1-2H3,(H,21,22). The molecule has 1 aromatic carbocycles. The van der Waals surface area contributed by atoms with Crippen LogP contribution in [0.1, 0.15) is 19.0 Å². The summed E-state index contributed by atoms with van der Waals surface area (Å²) >= 11 is 0. The highest BCUT2D eigenvalue weighted by molar-refractivity contribution is 5.80. The average Bonchev–Trinajstić information content (AvgIpc) is 3.22. The molecule has 1 aliphatic heterocycles. The van der Waals surface area contributed by atoms with E-state index >= 15 is 0 Å². The molecule has 0 spiro atoms. The van der Waals surface area contributed by atoms with Gasteiger partial charge in [0.2, 0.25) is 0 Å². The molecule has 2 heterocycles. The van der Waals surface area contributed by atoms with Crippen LogP contribution in [0.5, 0.6) is 5.75 Å². The van der Waals surface area contributed by atoms with Gasteiger partial charge in [-0.3, -0.25) is 9.89 Å². The lowest BCUT2D eigenvalue weighted by molar-refractivity contribution is 0.165. The molecule has 1 atom stereocenters. The van der Waals surface area contributed by atoms with Crippen LogP contribution in [0.4, 0.5) is 0 Å². The highest BCUT2D eigenvalue weighted by Crippen LogP contribution is 2.12. The van der Waals surface area contributed by atoms with Crippen molar-refractivity contribution in [1.29, 1.82) is 0 Å². The van der Waals surface area contributed by atoms with Gasteiger partial charge in [0, 0.05) is 45.8 Å². The van der Waals surface area contributed by atoms with Gasteiger partial charge in [-0.1, -0.05) is 30.3 Å². The van der Waals surface area contributed by atoms with Crippen LogP contribution in [0.15, 0.2) is 52.2 Å². The Morgan fingerprint density at radius 1 is 1.22 bits per heavy atom. The van der Waals surface area contributed by atoms with Gasteiger partial charge in [-0.05, 0) is 18.6 Å². The lowest BCUT2D eigenvalue weighted by Gasteiger charge is -2.36. The number of piperazine rings is 1. The number of benzene rings is 1. The molecule has 3 rings (SSSR count). The van der Waals surface area contributed by atoms with Crippen molar-refractivity contribution in [2.45, 2.75) is 26.0 Å². The third kappa shape index (κ3) is 5.72. The topological polar surface area (TPSA) is 66.1 Å². The average molecular weight is 371 g/mol. The molecule has 27 heavy (non-hydrogen) atoms. The monoisotopic (exact) mass is 371 g/mol. The first-order valence-corrected chi connectivity index (χ1v) is 9.57. The summed E-state index contributed by atoms with van der Waals surface area (Å²) in [4.78, 5) is 9.14. The lowest BCUT2D eigenvalue weighted by Crippen LogP contribution is -2.53. The number of ether oxygens (including phenoxy) is 1. The van der Waals surface area contributed by atoms with E-state index in [1.807, 2.05) is 43.4 Å². The van der Waals surface area contributed by atoms with E-state index in [4.69, 9.17) is 9.26 Å². The largest absolute Gasteiger partial charge is 0.489 e. The zero-order valence-corrected chi connectivity index (χ0v) is 16.2. The minimum absolute atomic E-state index is 0.109. The number of aromatic nitrogens is 1. The molecule has 7 heteroatoms. The Morgan fingerprint density at radius 3 is 2.63 bits per heavy atom. The summed E-state index contributed by atoms with van der Waals surface area (Å²) in [7, 11) is 1.84. The van der Waals surface area contributed by atoms with Crippen LogP contribution in [0.3, 0.4) is 0 Å². The van der Waals surface area contributed by atoms with Crippen LogP contribution in [-0.2, 0) is 6.54 Å². The Kier molecular flexibility index (Phi) is 7.10. The molecular formula is C20H29N5O2. The van der Waals surface area contributed by atoms with Crippen molar-refractivity contribution in [3.63, 3.8) is 0 Å². The third-order valence-electron chi connectivity index (χ3n) is 4.75. The van der Waals surface area contributed by atoms with Crippen molar-refractivity contribution in [1.82, 2.24) is 20.3 Å².